The van der Waals surface area contributed by atoms with Gasteiger partial charge in [0.05, 0.1) is 30.6 Å². The van der Waals surface area contributed by atoms with Gasteiger partial charge >= 0.3 is 0 Å². The van der Waals surface area contributed by atoms with E-state index in [4.69, 9.17) is 21.1 Å². The maximum absolute atomic E-state index is 13.3. The molecule has 1 N–H and O–H groups in total. The number of halogens is 2. The molecule has 0 fully saturated rings. The second-order valence-corrected chi connectivity index (χ2v) is 7.06. The van der Waals surface area contributed by atoms with Gasteiger partial charge in [-0.2, -0.15) is 5.10 Å². The molecule has 29 heavy (non-hydrogen) atoms. The molecule has 8 heteroatoms. The molecule has 6 nitrogen and oxygen atoms in total. The van der Waals surface area contributed by atoms with Gasteiger partial charge < -0.3 is 14.8 Å². The summed E-state index contributed by atoms with van der Waals surface area (Å²) in [5, 5.41) is 7.75. The van der Waals surface area contributed by atoms with E-state index in [9.17, 15) is 9.18 Å². The molecule has 1 amide bonds. The van der Waals surface area contributed by atoms with Crippen molar-refractivity contribution in [1.29, 1.82) is 0 Å². The number of fused-ring (bicyclic) bond motifs is 1. The zero-order valence-corrected chi connectivity index (χ0v) is 16.7. The number of carbonyl (C=O) groups excluding carboxylic acids is 1. The maximum atomic E-state index is 13.3. The van der Waals surface area contributed by atoms with Crippen LogP contribution in [0.4, 0.5) is 10.1 Å². The summed E-state index contributed by atoms with van der Waals surface area (Å²) in [6, 6.07) is 9.24. The van der Waals surface area contributed by atoms with Crippen LogP contribution in [0.5, 0.6) is 11.5 Å². The number of nitrogens with zero attached hydrogens (tertiary/aromatic N) is 2. The van der Waals surface area contributed by atoms with Crippen molar-refractivity contribution in [1.82, 2.24) is 9.78 Å². The first-order valence-corrected chi connectivity index (χ1v) is 9.49. The van der Waals surface area contributed by atoms with Crippen LogP contribution in [0.3, 0.4) is 0 Å². The van der Waals surface area contributed by atoms with Crippen LogP contribution < -0.4 is 14.8 Å². The van der Waals surface area contributed by atoms with Crippen molar-refractivity contribution in [2.45, 2.75) is 19.3 Å². The van der Waals surface area contributed by atoms with Crippen molar-refractivity contribution in [3.63, 3.8) is 0 Å². The van der Waals surface area contributed by atoms with E-state index < -0.39 is 0 Å². The largest absolute Gasteiger partial charge is 0.495 e. The van der Waals surface area contributed by atoms with Crippen molar-refractivity contribution in [3.8, 4) is 17.2 Å². The fourth-order valence-electron chi connectivity index (χ4n) is 3.56. The number of hydrogen-bond acceptors (Lipinski definition) is 4. The highest BCUT2D eigenvalue weighted by Gasteiger charge is 2.27. The minimum Gasteiger partial charge on any atom is -0.495 e. The summed E-state index contributed by atoms with van der Waals surface area (Å²) in [6.07, 6.45) is 2.51. The van der Waals surface area contributed by atoms with Gasteiger partial charge in [0.1, 0.15) is 17.3 Å². The number of methoxy groups -OCH3 is 2. The normalized spacial score (nSPS) is 12.6. The smallest absolute Gasteiger partial charge is 0.276 e. The molecule has 0 saturated heterocycles. The number of benzene rings is 2. The number of aromatic nitrogens is 2. The van der Waals surface area contributed by atoms with Crippen LogP contribution in [0.1, 0.15) is 28.2 Å². The molecule has 0 unspecified atom stereocenters. The zero-order valence-electron chi connectivity index (χ0n) is 16.0. The summed E-state index contributed by atoms with van der Waals surface area (Å²) >= 11 is 6.13. The maximum Gasteiger partial charge on any atom is 0.276 e. The third-order valence-electron chi connectivity index (χ3n) is 4.94. The Morgan fingerprint density at radius 2 is 1.86 bits per heavy atom. The van der Waals surface area contributed by atoms with E-state index in [1.807, 2.05) is 0 Å². The van der Waals surface area contributed by atoms with Crippen molar-refractivity contribution in [3.05, 3.63) is 64.2 Å². The Hall–Kier alpha value is -3.06. The van der Waals surface area contributed by atoms with Crippen LogP contribution >= 0.6 is 11.6 Å². The predicted molar refractivity (Wildman–Crippen MR) is 108 cm³/mol. The van der Waals surface area contributed by atoms with E-state index in [-0.39, 0.29) is 11.7 Å². The van der Waals surface area contributed by atoms with Gasteiger partial charge in [0.15, 0.2) is 5.69 Å². The summed E-state index contributed by atoms with van der Waals surface area (Å²) in [7, 11) is 2.99. The van der Waals surface area contributed by atoms with E-state index in [1.165, 1.54) is 26.4 Å². The summed E-state index contributed by atoms with van der Waals surface area (Å²) in [5.74, 6) is 0.162. The third-order valence-corrected chi connectivity index (χ3v) is 5.23. The molecule has 0 saturated carbocycles. The molecular weight excluding hydrogens is 397 g/mol. The zero-order chi connectivity index (χ0) is 20.5. The first-order chi connectivity index (χ1) is 14.0. The van der Waals surface area contributed by atoms with Gasteiger partial charge in [0.25, 0.3) is 5.91 Å². The van der Waals surface area contributed by atoms with Gasteiger partial charge in [0.2, 0.25) is 0 Å². The van der Waals surface area contributed by atoms with E-state index >= 15 is 0 Å². The molecule has 2 aromatic carbocycles. The first kappa shape index (κ1) is 19.3. The Kier molecular flexibility index (Phi) is 5.15. The van der Waals surface area contributed by atoms with E-state index in [0.29, 0.717) is 33.6 Å². The molecule has 0 bridgehead atoms. The van der Waals surface area contributed by atoms with Crippen LogP contribution in [0, 0.1) is 5.82 Å². The molecule has 1 aliphatic rings. The lowest BCUT2D eigenvalue weighted by atomic mass is 10.2. The lowest BCUT2D eigenvalue weighted by Gasteiger charge is -2.13. The predicted octanol–water partition coefficient (Wildman–Crippen LogP) is 4.42. The topological polar surface area (TPSA) is 65.4 Å². The van der Waals surface area contributed by atoms with Crippen LogP contribution in [-0.2, 0) is 12.8 Å². The summed E-state index contributed by atoms with van der Waals surface area (Å²) in [6.45, 7) is 0. The van der Waals surface area contributed by atoms with Gasteiger partial charge in [-0.15, -0.1) is 0 Å². The molecule has 4 rings (SSSR count). The molecular formula is C21H19ClFN3O3. The standard InChI is InChI=1S/C21H19ClFN3O3/c1-28-18-11-16(19(29-2)10-15(18)22)24-21(27)20-14-4-3-5-17(14)26(25-20)13-8-6-12(23)7-9-13/h6-11H,3-5H2,1-2H3,(H,24,27). The highest BCUT2D eigenvalue weighted by molar-refractivity contribution is 6.32. The lowest BCUT2D eigenvalue weighted by Crippen LogP contribution is -2.15. The number of carbonyl (C=O) groups is 1. The van der Waals surface area contributed by atoms with Crippen molar-refractivity contribution < 1.29 is 18.7 Å². The quantitative estimate of drug-likeness (QED) is 0.669. The van der Waals surface area contributed by atoms with Crippen LogP contribution in [0.25, 0.3) is 5.69 Å². The van der Waals surface area contributed by atoms with Crippen molar-refractivity contribution >= 4 is 23.2 Å². The van der Waals surface area contributed by atoms with Gasteiger partial charge in [-0.25, -0.2) is 9.07 Å². The van der Waals surface area contributed by atoms with Crippen molar-refractivity contribution in [2.75, 3.05) is 19.5 Å². The Balaban J connectivity index is 1.70. The number of amides is 1. The average Bonchev–Trinajstić information content (AvgIpc) is 3.32. The van der Waals surface area contributed by atoms with E-state index in [2.05, 4.69) is 10.4 Å². The van der Waals surface area contributed by atoms with Gasteiger partial charge in [0, 0.05) is 23.4 Å². The van der Waals surface area contributed by atoms with E-state index in [0.717, 1.165) is 30.5 Å². The molecule has 1 aromatic heterocycles. The molecule has 0 radical (unpaired) electrons. The summed E-state index contributed by atoms with van der Waals surface area (Å²) in [4.78, 5) is 13.0. The number of rotatable bonds is 5. The average molecular weight is 416 g/mol. The molecule has 150 valence electrons. The minimum atomic E-state index is -0.355. The van der Waals surface area contributed by atoms with Crippen molar-refractivity contribution in [2.24, 2.45) is 0 Å². The molecule has 0 aliphatic heterocycles. The number of nitrogens with one attached hydrogen (secondary N) is 1. The Bertz CT molecular complexity index is 1080. The Morgan fingerprint density at radius 3 is 2.55 bits per heavy atom. The molecule has 0 atom stereocenters. The number of ether oxygens (including phenoxy) is 2. The van der Waals surface area contributed by atoms with Crippen LogP contribution in [-0.4, -0.2) is 29.9 Å². The summed E-state index contributed by atoms with van der Waals surface area (Å²) < 4.78 is 25.6. The monoisotopic (exact) mass is 415 g/mol. The Labute approximate surface area is 172 Å². The second-order valence-electron chi connectivity index (χ2n) is 6.66. The van der Waals surface area contributed by atoms with Gasteiger partial charge in [-0.05, 0) is 43.5 Å². The molecule has 1 aliphatic carbocycles. The fraction of sp³-hybridized carbons (Fsp3) is 0.238. The number of hydrogen-bond donors (Lipinski definition) is 1. The molecule has 3 aromatic rings. The Morgan fingerprint density at radius 1 is 1.14 bits per heavy atom. The molecule has 0 spiro atoms. The van der Waals surface area contributed by atoms with Gasteiger partial charge in [-0.1, -0.05) is 11.6 Å². The SMILES string of the molecule is COc1cc(NC(=O)c2nn(-c3ccc(F)cc3)c3c2CCC3)c(OC)cc1Cl. The van der Waals surface area contributed by atoms with Crippen LogP contribution in [0.2, 0.25) is 5.02 Å². The highest BCUT2D eigenvalue weighted by atomic mass is 35.5. The lowest BCUT2D eigenvalue weighted by molar-refractivity contribution is 0.102. The highest BCUT2D eigenvalue weighted by Crippen LogP contribution is 2.36. The van der Waals surface area contributed by atoms with E-state index in [1.54, 1.807) is 28.9 Å². The molecule has 1 heterocycles. The summed E-state index contributed by atoms with van der Waals surface area (Å²) in [5.41, 5.74) is 3.38. The third kappa shape index (κ3) is 3.53. The number of anilines is 1. The fourth-order valence-corrected chi connectivity index (χ4v) is 3.79. The second kappa shape index (κ2) is 7.75. The van der Waals surface area contributed by atoms with Gasteiger partial charge in [-0.3, -0.25) is 4.79 Å². The van der Waals surface area contributed by atoms with Crippen LogP contribution in [0.15, 0.2) is 36.4 Å². The minimum absolute atomic E-state index is 0.320. The first-order valence-electron chi connectivity index (χ1n) is 9.11.